The smallest absolute Gasteiger partial charge is 0.343 e. The second kappa shape index (κ2) is 10.9. The SMILES string of the molecule is Cc1oc(=O)c2ccc(Nc3ncc(-c4nc(C56CCN(CC5)CC6)no4)c(N[C@H](CO)c4ccccc4)n3)cc2c1C. The molecule has 2 aromatic carbocycles. The predicted octanol–water partition coefficient (Wildman–Crippen LogP) is 4.88. The third kappa shape index (κ3) is 5.04. The highest BCUT2D eigenvalue weighted by molar-refractivity contribution is 5.88. The lowest BCUT2D eigenvalue weighted by Gasteiger charge is -2.46. The Morgan fingerprint density at radius 2 is 1.79 bits per heavy atom. The first-order valence-electron chi connectivity index (χ1n) is 14.6. The number of aryl methyl sites for hydroxylation is 2. The number of nitrogens with one attached hydrogen (secondary N) is 2. The standard InChI is InChI=1S/C32H33N7O4/c1-19-20(2)42-29(41)23-9-8-22(16-24(19)23)34-31-33-17-25(27(36-31)35-26(18-40)21-6-4-3-5-7-21)28-37-30(38-43-28)32-10-13-39(14-11-32)15-12-32/h3-9,16-17,26,40H,10-15,18H2,1-2H3,(H2,33,34,35,36)/t26-/m1/s1. The van der Waals surface area contributed by atoms with Crippen molar-refractivity contribution in [2.75, 3.05) is 36.9 Å². The van der Waals surface area contributed by atoms with Crippen LogP contribution in [0.1, 0.15) is 48.0 Å². The third-order valence-electron chi connectivity index (χ3n) is 9.01. The Labute approximate surface area is 248 Å². The van der Waals surface area contributed by atoms with Gasteiger partial charge in [-0.15, -0.1) is 0 Å². The molecular formula is C32H33N7O4. The van der Waals surface area contributed by atoms with Gasteiger partial charge in [-0.05, 0) is 87.5 Å². The zero-order valence-corrected chi connectivity index (χ0v) is 24.1. The second-order valence-corrected chi connectivity index (χ2v) is 11.5. The van der Waals surface area contributed by atoms with Crippen molar-refractivity contribution in [3.05, 3.63) is 87.9 Å². The van der Waals surface area contributed by atoms with Gasteiger partial charge in [-0.3, -0.25) is 0 Å². The van der Waals surface area contributed by atoms with Gasteiger partial charge >= 0.3 is 5.63 Å². The van der Waals surface area contributed by atoms with E-state index in [1.165, 1.54) is 0 Å². The van der Waals surface area contributed by atoms with Crippen LogP contribution in [0.15, 0.2) is 68.5 Å². The molecule has 3 aromatic heterocycles. The Morgan fingerprint density at radius 1 is 1.02 bits per heavy atom. The molecule has 0 amide bonds. The van der Waals surface area contributed by atoms with Crippen molar-refractivity contribution in [1.82, 2.24) is 25.0 Å². The molecule has 3 fully saturated rings. The maximum atomic E-state index is 12.4. The molecule has 11 heteroatoms. The zero-order valence-electron chi connectivity index (χ0n) is 24.1. The number of rotatable bonds is 8. The zero-order chi connectivity index (χ0) is 29.6. The Morgan fingerprint density at radius 3 is 2.53 bits per heavy atom. The lowest BCUT2D eigenvalue weighted by Crippen LogP contribution is -2.51. The van der Waals surface area contributed by atoms with Gasteiger partial charge in [0.25, 0.3) is 5.89 Å². The molecule has 0 radical (unpaired) electrons. The van der Waals surface area contributed by atoms with Crippen LogP contribution in [0.5, 0.6) is 0 Å². The van der Waals surface area contributed by atoms with Crippen molar-refractivity contribution in [2.24, 2.45) is 0 Å². The van der Waals surface area contributed by atoms with E-state index in [9.17, 15) is 9.90 Å². The van der Waals surface area contributed by atoms with E-state index >= 15 is 0 Å². The van der Waals surface area contributed by atoms with E-state index in [0.717, 1.165) is 61.2 Å². The number of aliphatic hydroxyl groups excluding tert-OH is 1. The fourth-order valence-corrected chi connectivity index (χ4v) is 6.20. The molecule has 5 aromatic rings. The lowest BCUT2D eigenvalue weighted by molar-refractivity contribution is 0.0747. The van der Waals surface area contributed by atoms with Gasteiger partial charge in [0.1, 0.15) is 17.1 Å². The van der Waals surface area contributed by atoms with E-state index < -0.39 is 6.04 Å². The van der Waals surface area contributed by atoms with Gasteiger partial charge in [0.15, 0.2) is 5.82 Å². The summed E-state index contributed by atoms with van der Waals surface area (Å²) in [6, 6.07) is 14.7. The summed E-state index contributed by atoms with van der Waals surface area (Å²) in [6.45, 7) is 6.69. The number of hydrogen-bond acceptors (Lipinski definition) is 11. The summed E-state index contributed by atoms with van der Waals surface area (Å²) >= 11 is 0. The highest BCUT2D eigenvalue weighted by Crippen LogP contribution is 2.42. The minimum absolute atomic E-state index is 0.0616. The largest absolute Gasteiger partial charge is 0.427 e. The van der Waals surface area contributed by atoms with Crippen molar-refractivity contribution in [3.63, 3.8) is 0 Å². The fourth-order valence-electron chi connectivity index (χ4n) is 6.20. The van der Waals surface area contributed by atoms with Crippen molar-refractivity contribution in [3.8, 4) is 11.5 Å². The van der Waals surface area contributed by atoms with Crippen LogP contribution in [-0.4, -0.2) is 56.4 Å². The van der Waals surface area contributed by atoms with Gasteiger partial charge in [-0.1, -0.05) is 35.5 Å². The van der Waals surface area contributed by atoms with Crippen LogP contribution < -0.4 is 16.3 Å². The Bertz CT molecular complexity index is 1830. The first-order valence-corrected chi connectivity index (χ1v) is 14.6. The number of hydrogen-bond donors (Lipinski definition) is 3. The molecule has 0 spiro atoms. The Hall–Kier alpha value is -4.61. The lowest BCUT2D eigenvalue weighted by atomic mass is 9.71. The molecule has 11 nitrogen and oxygen atoms in total. The van der Waals surface area contributed by atoms with Crippen LogP contribution >= 0.6 is 0 Å². The molecule has 3 aliphatic rings. The fraction of sp³-hybridized carbons (Fsp3) is 0.344. The predicted molar refractivity (Wildman–Crippen MR) is 162 cm³/mol. The number of benzene rings is 2. The first kappa shape index (κ1) is 27.2. The van der Waals surface area contributed by atoms with E-state index in [4.69, 9.17) is 18.9 Å². The quantitative estimate of drug-likeness (QED) is 0.232. The molecule has 43 heavy (non-hydrogen) atoms. The van der Waals surface area contributed by atoms with E-state index in [0.29, 0.717) is 40.1 Å². The minimum atomic E-state index is -0.433. The van der Waals surface area contributed by atoms with Crippen LogP contribution in [0.4, 0.5) is 17.5 Å². The summed E-state index contributed by atoms with van der Waals surface area (Å²) in [5.41, 5.74) is 2.62. The normalized spacial score (nSPS) is 20.3. The highest BCUT2D eigenvalue weighted by Gasteiger charge is 2.44. The number of anilines is 3. The van der Waals surface area contributed by atoms with E-state index in [-0.39, 0.29) is 17.6 Å². The Kier molecular flexibility index (Phi) is 6.91. The summed E-state index contributed by atoms with van der Waals surface area (Å²) in [5.74, 6) is 2.42. The number of fused-ring (bicyclic) bond motifs is 4. The second-order valence-electron chi connectivity index (χ2n) is 11.5. The van der Waals surface area contributed by atoms with Crippen LogP contribution in [0.2, 0.25) is 0 Å². The molecule has 3 aliphatic heterocycles. The minimum Gasteiger partial charge on any atom is -0.427 e. The van der Waals surface area contributed by atoms with Crippen molar-refractivity contribution < 1.29 is 14.0 Å². The van der Waals surface area contributed by atoms with Crippen molar-refractivity contribution in [1.29, 1.82) is 0 Å². The number of aromatic nitrogens is 4. The van der Waals surface area contributed by atoms with Gasteiger partial charge in [0, 0.05) is 17.3 Å². The van der Waals surface area contributed by atoms with Crippen LogP contribution in [0.3, 0.4) is 0 Å². The van der Waals surface area contributed by atoms with Gasteiger partial charge in [-0.2, -0.15) is 9.97 Å². The first-order chi connectivity index (χ1) is 20.9. The number of aliphatic hydroxyl groups is 1. The molecule has 1 atom stereocenters. The summed E-state index contributed by atoms with van der Waals surface area (Å²) in [4.78, 5) is 29.1. The topological polar surface area (TPSA) is 142 Å². The maximum absolute atomic E-state index is 12.4. The summed E-state index contributed by atoms with van der Waals surface area (Å²) in [6.07, 6.45) is 4.71. The summed E-state index contributed by atoms with van der Waals surface area (Å²) < 4.78 is 11.2. The number of piperidine rings is 3. The van der Waals surface area contributed by atoms with Gasteiger partial charge < -0.3 is 29.6 Å². The van der Waals surface area contributed by atoms with E-state index in [2.05, 4.69) is 25.7 Å². The molecule has 6 heterocycles. The average molecular weight is 580 g/mol. The monoisotopic (exact) mass is 579 g/mol. The third-order valence-corrected chi connectivity index (χ3v) is 9.01. The van der Waals surface area contributed by atoms with Gasteiger partial charge in [-0.25, -0.2) is 9.78 Å². The molecule has 3 N–H and O–H groups in total. The van der Waals surface area contributed by atoms with Crippen LogP contribution in [0, 0.1) is 13.8 Å². The molecule has 220 valence electrons. The van der Waals surface area contributed by atoms with Crippen LogP contribution in [-0.2, 0) is 5.41 Å². The average Bonchev–Trinajstić information content (AvgIpc) is 3.55. The molecule has 3 saturated heterocycles. The summed E-state index contributed by atoms with van der Waals surface area (Å²) in [5, 5.41) is 22.7. The molecule has 8 rings (SSSR count). The molecule has 0 unspecified atom stereocenters. The van der Waals surface area contributed by atoms with Crippen molar-refractivity contribution in [2.45, 2.75) is 44.6 Å². The van der Waals surface area contributed by atoms with Gasteiger partial charge in [0.2, 0.25) is 5.95 Å². The van der Waals surface area contributed by atoms with Gasteiger partial charge in [0.05, 0.1) is 18.0 Å². The Balaban J connectivity index is 1.25. The van der Waals surface area contributed by atoms with Crippen molar-refractivity contribution >= 4 is 28.2 Å². The number of nitrogens with zero attached hydrogens (tertiary/aromatic N) is 5. The van der Waals surface area contributed by atoms with E-state index in [1.54, 1.807) is 25.3 Å². The van der Waals surface area contributed by atoms with Crippen LogP contribution in [0.25, 0.3) is 22.2 Å². The molecular weight excluding hydrogens is 546 g/mol. The molecule has 2 bridgehead atoms. The highest BCUT2D eigenvalue weighted by atomic mass is 16.5. The summed E-state index contributed by atoms with van der Waals surface area (Å²) in [7, 11) is 0. The maximum Gasteiger partial charge on any atom is 0.343 e. The van der Waals surface area contributed by atoms with E-state index in [1.807, 2.05) is 43.3 Å². The molecule has 0 aliphatic carbocycles. The molecule has 0 saturated carbocycles.